The number of aryl methyl sites for hydroxylation is 1. The lowest BCUT2D eigenvalue weighted by atomic mass is 9.97. The molecule has 1 atom stereocenters. The Balaban J connectivity index is 1.36. The highest BCUT2D eigenvalue weighted by molar-refractivity contribution is 9.10. The first-order valence-corrected chi connectivity index (χ1v) is 15.0. The van der Waals surface area contributed by atoms with Gasteiger partial charge in [0.05, 0.1) is 17.5 Å². The van der Waals surface area contributed by atoms with Crippen LogP contribution in [0.4, 0.5) is 5.69 Å². The van der Waals surface area contributed by atoms with E-state index in [2.05, 4.69) is 44.9 Å². The van der Waals surface area contributed by atoms with Gasteiger partial charge in [-0.3, -0.25) is 0 Å². The van der Waals surface area contributed by atoms with Crippen LogP contribution in [0.3, 0.4) is 0 Å². The number of benzene rings is 3. The Kier molecular flexibility index (Phi) is 7.77. The fourth-order valence-electron chi connectivity index (χ4n) is 5.11. The summed E-state index contributed by atoms with van der Waals surface area (Å²) in [6, 6.07) is 23.1. The summed E-state index contributed by atoms with van der Waals surface area (Å²) in [7, 11) is -3.54. The SMILES string of the molecule is Cc1ccc(S(=O)(=O)N2CC=C(c3c(C)n(C[C@H](O)CNc4ccc(Br)cc4)c4ccccc34)CC2)cc1. The molecule has 0 bridgehead atoms. The molecule has 1 aliphatic rings. The van der Waals surface area contributed by atoms with Gasteiger partial charge in [-0.05, 0) is 68.3 Å². The predicted molar refractivity (Wildman–Crippen MR) is 158 cm³/mol. The van der Waals surface area contributed by atoms with Crippen molar-refractivity contribution in [3.05, 3.63) is 100 Å². The first-order chi connectivity index (χ1) is 18.2. The Morgan fingerprint density at radius 3 is 2.39 bits per heavy atom. The number of aliphatic hydroxyl groups excluding tert-OH is 1. The van der Waals surface area contributed by atoms with E-state index in [0.29, 0.717) is 37.5 Å². The number of nitrogens with one attached hydrogen (secondary N) is 1. The molecule has 0 spiro atoms. The van der Waals surface area contributed by atoms with Crippen LogP contribution in [0.25, 0.3) is 16.5 Å². The van der Waals surface area contributed by atoms with Crippen LogP contribution in [0, 0.1) is 13.8 Å². The quantitative estimate of drug-likeness (QED) is 0.264. The Morgan fingerprint density at radius 2 is 1.71 bits per heavy atom. The molecule has 1 aromatic heterocycles. The molecule has 6 nitrogen and oxygen atoms in total. The van der Waals surface area contributed by atoms with Crippen molar-refractivity contribution in [3.8, 4) is 0 Å². The summed E-state index contributed by atoms with van der Waals surface area (Å²) in [5.74, 6) is 0. The van der Waals surface area contributed by atoms with Crippen molar-refractivity contribution in [2.24, 2.45) is 0 Å². The van der Waals surface area contributed by atoms with Crippen molar-refractivity contribution in [2.45, 2.75) is 37.8 Å². The average Bonchev–Trinajstić information content (AvgIpc) is 3.19. The van der Waals surface area contributed by atoms with E-state index in [1.165, 1.54) is 0 Å². The van der Waals surface area contributed by atoms with Crippen LogP contribution in [-0.4, -0.2) is 48.1 Å². The fraction of sp³-hybridized carbons (Fsp3) is 0.267. The zero-order valence-electron chi connectivity index (χ0n) is 21.6. The summed E-state index contributed by atoms with van der Waals surface area (Å²) in [4.78, 5) is 0.332. The standard InChI is InChI=1S/C30H32BrN3O3S/c1-21-7-13-27(14-8-21)38(36,37)33-17-15-23(16-18-33)30-22(2)34(29-6-4-3-5-28(29)30)20-26(35)19-32-25-11-9-24(31)10-12-25/h3-15,26,32,35H,16-20H2,1-2H3/t26-/m1/s1. The lowest BCUT2D eigenvalue weighted by Gasteiger charge is -2.26. The first kappa shape index (κ1) is 26.7. The highest BCUT2D eigenvalue weighted by Gasteiger charge is 2.28. The normalized spacial score (nSPS) is 15.4. The number of nitrogens with zero attached hydrogens (tertiary/aromatic N) is 2. The Hall–Kier alpha value is -2.91. The van der Waals surface area contributed by atoms with E-state index in [1.54, 1.807) is 16.4 Å². The van der Waals surface area contributed by atoms with Crippen LogP contribution in [0.2, 0.25) is 0 Å². The smallest absolute Gasteiger partial charge is 0.243 e. The lowest BCUT2D eigenvalue weighted by Crippen LogP contribution is -2.34. The van der Waals surface area contributed by atoms with Gasteiger partial charge in [0.25, 0.3) is 0 Å². The number of halogens is 1. The summed E-state index contributed by atoms with van der Waals surface area (Å²) < 4.78 is 31.1. The van der Waals surface area contributed by atoms with E-state index in [0.717, 1.165) is 43.5 Å². The third-order valence-electron chi connectivity index (χ3n) is 7.16. The van der Waals surface area contributed by atoms with Crippen molar-refractivity contribution >= 4 is 48.1 Å². The number of hydrogen-bond acceptors (Lipinski definition) is 4. The molecule has 2 heterocycles. The number of fused-ring (bicyclic) bond motifs is 1. The van der Waals surface area contributed by atoms with E-state index >= 15 is 0 Å². The molecule has 1 aliphatic heterocycles. The summed E-state index contributed by atoms with van der Waals surface area (Å²) in [6.45, 7) is 5.68. The van der Waals surface area contributed by atoms with Crippen LogP contribution in [0.1, 0.15) is 23.2 Å². The zero-order valence-corrected chi connectivity index (χ0v) is 24.0. The lowest BCUT2D eigenvalue weighted by molar-refractivity contribution is 0.167. The monoisotopic (exact) mass is 593 g/mol. The molecule has 0 radical (unpaired) electrons. The minimum atomic E-state index is -3.54. The van der Waals surface area contributed by atoms with E-state index in [4.69, 9.17) is 0 Å². The largest absolute Gasteiger partial charge is 0.389 e. The first-order valence-electron chi connectivity index (χ1n) is 12.8. The topological polar surface area (TPSA) is 74.6 Å². The molecule has 38 heavy (non-hydrogen) atoms. The molecule has 4 aromatic rings. The van der Waals surface area contributed by atoms with E-state index in [-0.39, 0.29) is 0 Å². The molecule has 198 valence electrons. The van der Waals surface area contributed by atoms with Gasteiger partial charge >= 0.3 is 0 Å². The zero-order chi connectivity index (χ0) is 26.9. The molecule has 0 amide bonds. The Morgan fingerprint density at radius 1 is 1.00 bits per heavy atom. The Bertz CT molecular complexity index is 1580. The van der Waals surface area contributed by atoms with Crippen molar-refractivity contribution in [3.63, 3.8) is 0 Å². The second-order valence-electron chi connectivity index (χ2n) is 9.79. The van der Waals surface area contributed by atoms with Crippen LogP contribution in [0.5, 0.6) is 0 Å². The molecule has 2 N–H and O–H groups in total. The van der Waals surface area contributed by atoms with Crippen molar-refractivity contribution in [1.82, 2.24) is 8.87 Å². The molecule has 8 heteroatoms. The van der Waals surface area contributed by atoms with Gasteiger partial charge in [-0.25, -0.2) is 8.42 Å². The number of aliphatic hydroxyl groups is 1. The van der Waals surface area contributed by atoms with Gasteiger partial charge in [-0.1, -0.05) is 57.9 Å². The van der Waals surface area contributed by atoms with Gasteiger partial charge in [-0.15, -0.1) is 0 Å². The molecule has 0 aliphatic carbocycles. The highest BCUT2D eigenvalue weighted by atomic mass is 79.9. The van der Waals surface area contributed by atoms with E-state index in [9.17, 15) is 13.5 Å². The predicted octanol–water partition coefficient (Wildman–Crippen LogP) is 5.97. The van der Waals surface area contributed by atoms with Crippen molar-refractivity contribution in [2.75, 3.05) is 25.0 Å². The maximum atomic E-state index is 13.2. The summed E-state index contributed by atoms with van der Waals surface area (Å²) in [6.07, 6.45) is 2.09. The molecule has 3 aromatic carbocycles. The van der Waals surface area contributed by atoms with Gasteiger partial charge < -0.3 is 15.0 Å². The van der Waals surface area contributed by atoms with Crippen LogP contribution in [0.15, 0.2) is 88.2 Å². The van der Waals surface area contributed by atoms with Gasteiger partial charge in [0.2, 0.25) is 10.0 Å². The number of hydrogen-bond donors (Lipinski definition) is 2. The summed E-state index contributed by atoms with van der Waals surface area (Å²) >= 11 is 3.44. The molecular formula is C30H32BrN3O3S. The van der Waals surface area contributed by atoms with Gasteiger partial charge in [0.15, 0.2) is 0 Å². The third-order valence-corrected chi connectivity index (χ3v) is 9.57. The molecule has 0 fully saturated rings. The summed E-state index contributed by atoms with van der Waals surface area (Å²) in [5.41, 5.74) is 6.43. The molecule has 0 saturated heterocycles. The van der Waals surface area contributed by atoms with Gasteiger partial charge in [-0.2, -0.15) is 4.31 Å². The molecule has 5 rings (SSSR count). The number of para-hydroxylation sites is 1. The maximum Gasteiger partial charge on any atom is 0.243 e. The van der Waals surface area contributed by atoms with Gasteiger partial charge in [0, 0.05) is 52.0 Å². The third kappa shape index (κ3) is 5.45. The molecule has 0 saturated carbocycles. The second-order valence-corrected chi connectivity index (χ2v) is 12.6. The van der Waals surface area contributed by atoms with Gasteiger partial charge in [0.1, 0.15) is 0 Å². The molecule has 0 unspecified atom stereocenters. The maximum absolute atomic E-state index is 13.2. The number of rotatable bonds is 8. The number of sulfonamides is 1. The summed E-state index contributed by atoms with van der Waals surface area (Å²) in [5, 5.41) is 15.3. The highest BCUT2D eigenvalue weighted by Crippen LogP contribution is 2.35. The minimum Gasteiger partial charge on any atom is -0.389 e. The van der Waals surface area contributed by atoms with Crippen LogP contribution < -0.4 is 5.32 Å². The Labute approximate surface area is 232 Å². The second kappa shape index (κ2) is 11.1. The number of aromatic nitrogens is 1. The van der Waals surface area contributed by atoms with E-state index < -0.39 is 16.1 Å². The van der Waals surface area contributed by atoms with E-state index in [1.807, 2.05) is 61.5 Å². The van der Waals surface area contributed by atoms with Crippen LogP contribution >= 0.6 is 15.9 Å². The van der Waals surface area contributed by atoms with Crippen molar-refractivity contribution < 1.29 is 13.5 Å². The van der Waals surface area contributed by atoms with Crippen LogP contribution in [-0.2, 0) is 16.6 Å². The fourth-order valence-corrected chi connectivity index (χ4v) is 6.75. The minimum absolute atomic E-state index is 0.332. The average molecular weight is 595 g/mol. The molecular weight excluding hydrogens is 562 g/mol. The number of anilines is 1. The van der Waals surface area contributed by atoms with Crippen molar-refractivity contribution in [1.29, 1.82) is 0 Å².